The Morgan fingerprint density at radius 2 is 1.84 bits per heavy atom. The Balaban J connectivity index is 0.000000225. The number of halogens is 2. The van der Waals surface area contributed by atoms with Gasteiger partial charge in [0.2, 0.25) is 0 Å². The Kier molecular flexibility index (Phi) is 5.65. The predicted molar refractivity (Wildman–Crippen MR) is 113 cm³/mol. The van der Waals surface area contributed by atoms with Gasteiger partial charge in [0, 0.05) is 50.1 Å². The van der Waals surface area contributed by atoms with E-state index in [2.05, 4.69) is 20.1 Å². The topological polar surface area (TPSA) is 78.9 Å². The lowest BCUT2D eigenvalue weighted by molar-refractivity contribution is 0.0836. The van der Waals surface area contributed by atoms with Crippen LogP contribution in [0.2, 0.25) is 0 Å². The van der Waals surface area contributed by atoms with Crippen molar-refractivity contribution in [2.45, 2.75) is 44.6 Å². The number of hydrogen-bond acceptors (Lipinski definition) is 6. The molecule has 2 aliphatic rings. The van der Waals surface area contributed by atoms with E-state index in [0.29, 0.717) is 41.9 Å². The molecule has 0 radical (unpaired) electrons. The van der Waals surface area contributed by atoms with Gasteiger partial charge in [-0.2, -0.15) is 10.1 Å². The molecule has 1 aliphatic carbocycles. The third kappa shape index (κ3) is 4.38. The number of aromatic nitrogens is 5. The summed E-state index contributed by atoms with van der Waals surface area (Å²) in [6.07, 6.45) is 8.09. The fourth-order valence-corrected chi connectivity index (χ4v) is 3.79. The van der Waals surface area contributed by atoms with Crippen LogP contribution in [0.15, 0.2) is 41.1 Å². The number of hydrogen-bond donors (Lipinski definition) is 0. The molecule has 166 valence electrons. The molecule has 6 rings (SSSR count). The molecule has 0 bridgehead atoms. The van der Waals surface area contributed by atoms with Crippen LogP contribution >= 0.6 is 0 Å². The van der Waals surface area contributed by atoms with Crippen molar-refractivity contribution >= 4 is 11.2 Å². The van der Waals surface area contributed by atoms with Gasteiger partial charge in [0.15, 0.2) is 11.4 Å². The van der Waals surface area contributed by atoms with E-state index in [-0.39, 0.29) is 11.5 Å². The first-order valence-corrected chi connectivity index (χ1v) is 10.8. The average molecular weight is 439 g/mol. The molecule has 0 amide bonds. The predicted octanol–water partition coefficient (Wildman–Crippen LogP) is 4.98. The first-order valence-electron chi connectivity index (χ1n) is 10.8. The molecule has 0 atom stereocenters. The van der Waals surface area contributed by atoms with E-state index in [4.69, 9.17) is 9.15 Å². The standard InChI is InChI=1S/C17H15F2N3O2.C6H8N2/c1-9-20-15-14(12-3-2-11(18)8-13(12)19)21-16(22-17(15)24-9)10-4-6-23-7-5-10;1-4-7-8(5-1)6-2-3-6/h2-3,8,10H,4-7H2,1H3;1,4-6H,2-3H2. The molecule has 9 heteroatoms. The van der Waals surface area contributed by atoms with Crippen molar-refractivity contribution in [3.63, 3.8) is 0 Å². The molecule has 1 aromatic carbocycles. The van der Waals surface area contributed by atoms with Crippen molar-refractivity contribution in [3.05, 3.63) is 60.0 Å². The number of fused-ring (bicyclic) bond motifs is 1. The molecule has 32 heavy (non-hydrogen) atoms. The summed E-state index contributed by atoms with van der Waals surface area (Å²) in [5.74, 6) is -0.195. The maximum Gasteiger partial charge on any atom is 0.250 e. The van der Waals surface area contributed by atoms with Crippen LogP contribution < -0.4 is 0 Å². The largest absolute Gasteiger partial charge is 0.422 e. The number of aryl methyl sites for hydroxylation is 1. The van der Waals surface area contributed by atoms with Crippen molar-refractivity contribution in [3.8, 4) is 11.3 Å². The summed E-state index contributed by atoms with van der Waals surface area (Å²) >= 11 is 0. The van der Waals surface area contributed by atoms with E-state index in [9.17, 15) is 8.78 Å². The summed E-state index contributed by atoms with van der Waals surface area (Å²) in [4.78, 5) is 13.3. The Morgan fingerprint density at radius 1 is 1.03 bits per heavy atom. The molecule has 1 saturated carbocycles. The van der Waals surface area contributed by atoms with E-state index >= 15 is 0 Å². The third-order valence-corrected chi connectivity index (χ3v) is 5.60. The molecule has 0 unspecified atom stereocenters. The maximum atomic E-state index is 14.3. The lowest BCUT2D eigenvalue weighted by Gasteiger charge is -2.21. The first kappa shape index (κ1) is 20.7. The third-order valence-electron chi connectivity index (χ3n) is 5.60. The highest BCUT2D eigenvalue weighted by atomic mass is 19.1. The fraction of sp³-hybridized carbons (Fsp3) is 0.391. The van der Waals surface area contributed by atoms with Crippen molar-refractivity contribution in [2.24, 2.45) is 0 Å². The van der Waals surface area contributed by atoms with Crippen molar-refractivity contribution in [1.29, 1.82) is 0 Å². The Morgan fingerprint density at radius 3 is 2.53 bits per heavy atom. The van der Waals surface area contributed by atoms with Gasteiger partial charge in [-0.15, -0.1) is 0 Å². The van der Waals surface area contributed by atoms with Crippen LogP contribution in [-0.2, 0) is 4.74 Å². The molecule has 0 N–H and O–H groups in total. The van der Waals surface area contributed by atoms with E-state index in [1.165, 1.54) is 25.0 Å². The maximum absolute atomic E-state index is 14.3. The minimum absolute atomic E-state index is 0.121. The molecule has 4 aromatic rings. The van der Waals surface area contributed by atoms with Gasteiger partial charge in [0.25, 0.3) is 5.71 Å². The first-order chi connectivity index (χ1) is 15.6. The van der Waals surface area contributed by atoms with Crippen LogP contribution in [0, 0.1) is 18.6 Å². The van der Waals surface area contributed by atoms with Crippen molar-refractivity contribution < 1.29 is 17.9 Å². The minimum atomic E-state index is -0.686. The summed E-state index contributed by atoms with van der Waals surface area (Å²) in [5.41, 5.74) is 1.22. The van der Waals surface area contributed by atoms with Gasteiger partial charge in [0.05, 0.1) is 6.04 Å². The van der Waals surface area contributed by atoms with Crippen LogP contribution in [0.4, 0.5) is 8.78 Å². The zero-order valence-corrected chi connectivity index (χ0v) is 17.7. The Labute approximate surface area is 183 Å². The number of benzene rings is 1. The van der Waals surface area contributed by atoms with E-state index in [1.807, 2.05) is 23.1 Å². The summed E-state index contributed by atoms with van der Waals surface area (Å²) < 4.78 is 40.4. The molecule has 7 nitrogen and oxygen atoms in total. The highest BCUT2D eigenvalue weighted by Crippen LogP contribution is 2.34. The van der Waals surface area contributed by atoms with Gasteiger partial charge >= 0.3 is 0 Å². The van der Waals surface area contributed by atoms with Gasteiger partial charge in [-0.25, -0.2) is 18.7 Å². The number of ether oxygens (including phenoxy) is 1. The molecular weight excluding hydrogens is 416 g/mol. The zero-order valence-electron chi connectivity index (χ0n) is 17.7. The number of nitrogens with zero attached hydrogens (tertiary/aromatic N) is 5. The van der Waals surface area contributed by atoms with E-state index in [0.717, 1.165) is 24.9 Å². The molecule has 0 spiro atoms. The van der Waals surface area contributed by atoms with Gasteiger partial charge in [-0.3, -0.25) is 4.68 Å². The average Bonchev–Trinajstić information content (AvgIpc) is 3.35. The second-order valence-electron chi connectivity index (χ2n) is 8.05. The zero-order chi connectivity index (χ0) is 22.1. The SMILES string of the molecule is Cc1nc2c(-c3ccc(F)cc3F)nc(C3CCOCC3)nc2o1.c1cnn(C2CC2)c1. The molecule has 1 aliphatic heterocycles. The highest BCUT2D eigenvalue weighted by molar-refractivity contribution is 5.86. The summed E-state index contributed by atoms with van der Waals surface area (Å²) in [6, 6.07) is 6.12. The second kappa shape index (κ2) is 8.74. The van der Waals surface area contributed by atoms with Gasteiger partial charge < -0.3 is 9.15 Å². The normalized spacial score (nSPS) is 16.7. The number of rotatable bonds is 3. The molecular formula is C23H23F2N5O2. The van der Waals surface area contributed by atoms with Crippen molar-refractivity contribution in [1.82, 2.24) is 24.7 Å². The molecule has 1 saturated heterocycles. The lowest BCUT2D eigenvalue weighted by Crippen LogP contribution is -2.16. The van der Waals surface area contributed by atoms with Crippen molar-refractivity contribution in [2.75, 3.05) is 13.2 Å². The van der Waals surface area contributed by atoms with Crippen LogP contribution in [0.3, 0.4) is 0 Å². The molecule has 2 fully saturated rings. The molecule has 4 heterocycles. The van der Waals surface area contributed by atoms with Gasteiger partial charge in [-0.1, -0.05) is 0 Å². The van der Waals surface area contributed by atoms with Crippen LogP contribution in [-0.4, -0.2) is 37.9 Å². The van der Waals surface area contributed by atoms with E-state index in [1.54, 1.807) is 6.92 Å². The lowest BCUT2D eigenvalue weighted by atomic mass is 9.99. The fourth-order valence-electron chi connectivity index (χ4n) is 3.79. The van der Waals surface area contributed by atoms with Crippen LogP contribution in [0.25, 0.3) is 22.5 Å². The minimum Gasteiger partial charge on any atom is -0.422 e. The van der Waals surface area contributed by atoms with Gasteiger partial charge in [0.1, 0.15) is 23.2 Å². The van der Waals surface area contributed by atoms with Crippen LogP contribution in [0.5, 0.6) is 0 Å². The monoisotopic (exact) mass is 439 g/mol. The van der Waals surface area contributed by atoms with Gasteiger partial charge in [-0.05, 0) is 43.9 Å². The summed E-state index contributed by atoms with van der Waals surface area (Å²) in [7, 11) is 0. The smallest absolute Gasteiger partial charge is 0.250 e. The number of oxazole rings is 1. The summed E-state index contributed by atoms with van der Waals surface area (Å²) in [5, 5.41) is 4.09. The summed E-state index contributed by atoms with van der Waals surface area (Å²) in [6.45, 7) is 2.98. The second-order valence-corrected chi connectivity index (χ2v) is 8.05. The quantitative estimate of drug-likeness (QED) is 0.448. The van der Waals surface area contributed by atoms with E-state index < -0.39 is 11.6 Å². The highest BCUT2D eigenvalue weighted by Gasteiger charge is 2.24. The Bertz CT molecular complexity index is 1210. The van der Waals surface area contributed by atoms with Crippen LogP contribution in [0.1, 0.15) is 49.4 Å². The Hall–Kier alpha value is -3.20. The molecule has 3 aromatic heterocycles.